The molecule has 1 saturated heterocycles. The second-order valence-electron chi connectivity index (χ2n) is 8.90. The van der Waals surface area contributed by atoms with Crippen LogP contribution in [0.15, 0.2) is 53.4 Å². The van der Waals surface area contributed by atoms with E-state index in [4.69, 9.17) is 4.74 Å². The van der Waals surface area contributed by atoms with E-state index in [9.17, 15) is 21.6 Å². The zero-order valence-electron chi connectivity index (χ0n) is 21.0. The first-order valence-electron chi connectivity index (χ1n) is 12.1. The highest BCUT2D eigenvalue weighted by Crippen LogP contribution is 2.24. The highest BCUT2D eigenvalue weighted by atomic mass is 32.2. The van der Waals surface area contributed by atoms with Crippen molar-refractivity contribution in [2.45, 2.75) is 50.5 Å². The number of amides is 1. The Morgan fingerprint density at radius 2 is 1.72 bits per heavy atom. The first-order valence-corrected chi connectivity index (χ1v) is 15.4. The molecule has 36 heavy (non-hydrogen) atoms. The Kier molecular flexibility index (Phi) is 9.37. The molecule has 0 aromatic heterocycles. The number of hydrogen-bond donors (Lipinski definition) is 1. The van der Waals surface area contributed by atoms with E-state index in [1.165, 1.54) is 16.4 Å². The lowest BCUT2D eigenvalue weighted by Gasteiger charge is -2.30. The Morgan fingerprint density at radius 1 is 1.06 bits per heavy atom. The van der Waals surface area contributed by atoms with Gasteiger partial charge in [-0.3, -0.25) is 9.10 Å². The average Bonchev–Trinajstić information content (AvgIpc) is 2.85. The molecular weight excluding hydrogens is 502 g/mol. The van der Waals surface area contributed by atoms with E-state index in [-0.39, 0.29) is 18.0 Å². The molecule has 0 aliphatic carbocycles. The molecule has 9 nitrogen and oxygen atoms in total. The van der Waals surface area contributed by atoms with Crippen LogP contribution in [0.5, 0.6) is 5.75 Å². The third-order valence-corrected chi connectivity index (χ3v) is 9.13. The van der Waals surface area contributed by atoms with Gasteiger partial charge in [0.15, 0.2) is 0 Å². The van der Waals surface area contributed by atoms with Gasteiger partial charge in [0.05, 0.1) is 23.4 Å². The van der Waals surface area contributed by atoms with Crippen LogP contribution in [0, 0.1) is 6.92 Å². The van der Waals surface area contributed by atoms with Crippen molar-refractivity contribution in [1.82, 2.24) is 9.62 Å². The quantitative estimate of drug-likeness (QED) is 0.441. The zero-order chi connectivity index (χ0) is 26.3. The first-order chi connectivity index (χ1) is 17.0. The lowest BCUT2D eigenvalue weighted by atomic mass is 10.1. The van der Waals surface area contributed by atoms with Crippen molar-refractivity contribution in [3.05, 3.63) is 54.1 Å². The van der Waals surface area contributed by atoms with Crippen molar-refractivity contribution in [3.8, 4) is 5.75 Å². The average molecular weight is 538 g/mol. The molecule has 1 aliphatic rings. The summed E-state index contributed by atoms with van der Waals surface area (Å²) in [6.07, 6.45) is 4.17. The molecule has 1 heterocycles. The number of sulfonamides is 2. The second-order valence-corrected chi connectivity index (χ2v) is 12.7. The highest BCUT2D eigenvalue weighted by molar-refractivity contribution is 7.92. The Hall–Kier alpha value is -2.63. The first kappa shape index (κ1) is 27.9. The van der Waals surface area contributed by atoms with Crippen LogP contribution in [0.3, 0.4) is 0 Å². The number of aryl methyl sites for hydroxylation is 1. The van der Waals surface area contributed by atoms with Gasteiger partial charge in [-0.2, -0.15) is 4.31 Å². The third-order valence-electron chi connectivity index (χ3n) is 6.03. The number of piperidine rings is 1. The number of anilines is 1. The summed E-state index contributed by atoms with van der Waals surface area (Å²) in [5.74, 6) is 0.0578. The Bertz CT molecular complexity index is 1240. The number of benzene rings is 2. The van der Waals surface area contributed by atoms with Gasteiger partial charge >= 0.3 is 0 Å². The molecule has 0 saturated carbocycles. The van der Waals surface area contributed by atoms with Crippen molar-refractivity contribution in [2.24, 2.45) is 0 Å². The molecule has 11 heteroatoms. The Labute approximate surface area is 214 Å². The number of carbonyl (C=O) groups is 1. The number of rotatable bonds is 11. The predicted molar refractivity (Wildman–Crippen MR) is 140 cm³/mol. The lowest BCUT2D eigenvalue weighted by molar-refractivity contribution is -0.122. The number of nitrogens with one attached hydrogen (secondary N) is 1. The van der Waals surface area contributed by atoms with Crippen molar-refractivity contribution in [1.29, 1.82) is 0 Å². The molecule has 1 N–H and O–H groups in total. The summed E-state index contributed by atoms with van der Waals surface area (Å²) >= 11 is 0. The molecule has 2 aromatic rings. The SMILES string of the molecule is CCC(C(=O)NCCOc1ccc(S(=O)(=O)N2CCCCC2)cc1)N(c1cccc(C)c1)S(C)(=O)=O. The Morgan fingerprint density at radius 3 is 2.31 bits per heavy atom. The standard InChI is InChI=1S/C25H35N3O6S2/c1-4-24(28(35(3,30)31)21-10-8-9-20(2)19-21)25(29)26-15-18-34-22-11-13-23(14-12-22)36(32,33)27-16-6-5-7-17-27/h8-14,19,24H,4-7,15-18H2,1-3H3,(H,26,29). The highest BCUT2D eigenvalue weighted by Gasteiger charge is 2.31. The fourth-order valence-corrected chi connectivity index (χ4v) is 6.97. The molecule has 0 bridgehead atoms. The van der Waals surface area contributed by atoms with Gasteiger partial charge in [0, 0.05) is 13.1 Å². The van der Waals surface area contributed by atoms with E-state index >= 15 is 0 Å². The van der Waals surface area contributed by atoms with E-state index in [2.05, 4.69) is 5.32 Å². The molecule has 1 fully saturated rings. The van der Waals surface area contributed by atoms with E-state index in [1.54, 1.807) is 37.3 Å². The third kappa shape index (κ3) is 6.98. The number of carbonyl (C=O) groups excluding carboxylic acids is 1. The summed E-state index contributed by atoms with van der Waals surface area (Å²) in [6, 6.07) is 12.3. The predicted octanol–water partition coefficient (Wildman–Crippen LogP) is 2.91. The van der Waals surface area contributed by atoms with Crippen LogP contribution < -0.4 is 14.4 Å². The van der Waals surface area contributed by atoms with Crippen LogP contribution in [0.1, 0.15) is 38.2 Å². The van der Waals surface area contributed by atoms with Gasteiger partial charge in [0.1, 0.15) is 18.4 Å². The number of nitrogens with zero attached hydrogens (tertiary/aromatic N) is 2. The Balaban J connectivity index is 1.57. The van der Waals surface area contributed by atoms with Crippen molar-refractivity contribution in [3.63, 3.8) is 0 Å². The molecule has 2 aromatic carbocycles. The molecule has 3 rings (SSSR count). The monoisotopic (exact) mass is 537 g/mol. The van der Waals surface area contributed by atoms with Crippen LogP contribution in [0.2, 0.25) is 0 Å². The fourth-order valence-electron chi connectivity index (χ4n) is 4.25. The van der Waals surface area contributed by atoms with Crippen LogP contribution in [-0.2, 0) is 24.8 Å². The van der Waals surface area contributed by atoms with Gasteiger partial charge in [-0.15, -0.1) is 0 Å². The number of hydrogen-bond acceptors (Lipinski definition) is 6. The smallest absolute Gasteiger partial charge is 0.244 e. The molecular formula is C25H35N3O6S2. The van der Waals surface area contributed by atoms with Crippen LogP contribution in [-0.4, -0.2) is 65.6 Å². The summed E-state index contributed by atoms with van der Waals surface area (Å²) in [7, 11) is -7.21. The van der Waals surface area contributed by atoms with Crippen molar-refractivity contribution in [2.75, 3.05) is 36.8 Å². The van der Waals surface area contributed by atoms with Gasteiger partial charge < -0.3 is 10.1 Å². The molecule has 1 aliphatic heterocycles. The molecule has 198 valence electrons. The summed E-state index contributed by atoms with van der Waals surface area (Å²) in [5.41, 5.74) is 1.33. The van der Waals surface area contributed by atoms with Crippen LogP contribution in [0.4, 0.5) is 5.69 Å². The van der Waals surface area contributed by atoms with Gasteiger partial charge in [-0.05, 0) is 68.1 Å². The van der Waals surface area contributed by atoms with E-state index in [0.717, 1.165) is 35.4 Å². The summed E-state index contributed by atoms with van der Waals surface area (Å²) in [5, 5.41) is 2.75. The molecule has 1 unspecified atom stereocenters. The maximum Gasteiger partial charge on any atom is 0.244 e. The van der Waals surface area contributed by atoms with Crippen LogP contribution >= 0.6 is 0 Å². The number of ether oxygens (including phenoxy) is 1. The largest absolute Gasteiger partial charge is 0.492 e. The van der Waals surface area contributed by atoms with E-state index in [1.807, 2.05) is 13.0 Å². The summed E-state index contributed by atoms with van der Waals surface area (Å²) in [4.78, 5) is 13.1. The van der Waals surface area contributed by atoms with Crippen molar-refractivity contribution < 1.29 is 26.4 Å². The van der Waals surface area contributed by atoms with Gasteiger partial charge in [-0.1, -0.05) is 25.5 Å². The van der Waals surface area contributed by atoms with Gasteiger partial charge in [0.2, 0.25) is 26.0 Å². The molecule has 1 atom stereocenters. The normalized spacial score (nSPS) is 15.8. The summed E-state index contributed by atoms with van der Waals surface area (Å²) in [6.45, 7) is 5.00. The van der Waals surface area contributed by atoms with Crippen molar-refractivity contribution >= 4 is 31.6 Å². The van der Waals surface area contributed by atoms with Gasteiger partial charge in [0.25, 0.3) is 0 Å². The van der Waals surface area contributed by atoms with E-state index in [0.29, 0.717) is 30.9 Å². The van der Waals surface area contributed by atoms with E-state index < -0.39 is 32.0 Å². The summed E-state index contributed by atoms with van der Waals surface area (Å²) < 4.78 is 58.9. The zero-order valence-corrected chi connectivity index (χ0v) is 22.6. The molecule has 0 radical (unpaired) electrons. The van der Waals surface area contributed by atoms with Crippen LogP contribution in [0.25, 0.3) is 0 Å². The topological polar surface area (TPSA) is 113 Å². The maximum atomic E-state index is 12.9. The fraction of sp³-hybridized carbons (Fsp3) is 0.480. The lowest BCUT2D eigenvalue weighted by Crippen LogP contribution is -2.50. The van der Waals surface area contributed by atoms with Gasteiger partial charge in [-0.25, -0.2) is 16.8 Å². The second kappa shape index (κ2) is 12.1. The molecule has 0 spiro atoms. The maximum absolute atomic E-state index is 12.9. The minimum atomic E-state index is -3.70. The minimum absolute atomic E-state index is 0.143. The molecule has 1 amide bonds. The minimum Gasteiger partial charge on any atom is -0.492 e.